The molecule has 4 rings (SSSR count). The van der Waals surface area contributed by atoms with Gasteiger partial charge in [0, 0.05) is 23.4 Å². The minimum absolute atomic E-state index is 0.00307. The molecule has 0 aliphatic heterocycles. The first kappa shape index (κ1) is 13.2. The number of furan rings is 1. The smallest absolute Gasteiger partial charge is 0.230 e. The van der Waals surface area contributed by atoms with Crippen LogP contribution in [0.5, 0.6) is 0 Å². The summed E-state index contributed by atoms with van der Waals surface area (Å²) in [5.74, 6) is 1.07. The molecule has 5 nitrogen and oxygen atoms in total. The van der Waals surface area contributed by atoms with Crippen molar-refractivity contribution in [2.24, 2.45) is 5.92 Å². The molecule has 0 bridgehead atoms. The highest BCUT2D eigenvalue weighted by Crippen LogP contribution is 2.48. The van der Waals surface area contributed by atoms with Crippen molar-refractivity contribution in [3.63, 3.8) is 0 Å². The summed E-state index contributed by atoms with van der Waals surface area (Å²) < 4.78 is 5.35. The standard InChI is InChI=1S/C16H13N3O2S/c20-15(11-8-10(11)14-5-3-7-21-14)19-16-18-13(9-22-16)12-4-1-2-6-17-12/h1-7,9-11H,8H2,(H,18,19,20)/t10-,11-/m1/s1. The minimum atomic E-state index is -0.0200. The number of thiazole rings is 1. The van der Waals surface area contributed by atoms with Crippen molar-refractivity contribution in [3.05, 3.63) is 53.9 Å². The second kappa shape index (κ2) is 5.38. The van der Waals surface area contributed by atoms with Gasteiger partial charge in [-0.05, 0) is 30.7 Å². The number of pyridine rings is 1. The lowest BCUT2D eigenvalue weighted by atomic mass is 10.2. The summed E-state index contributed by atoms with van der Waals surface area (Å²) in [5, 5.41) is 5.39. The van der Waals surface area contributed by atoms with Crippen LogP contribution in [0.25, 0.3) is 11.4 Å². The molecule has 1 fully saturated rings. The van der Waals surface area contributed by atoms with Gasteiger partial charge < -0.3 is 9.73 Å². The maximum Gasteiger partial charge on any atom is 0.230 e. The molecule has 3 aromatic heterocycles. The largest absolute Gasteiger partial charge is 0.469 e. The van der Waals surface area contributed by atoms with Gasteiger partial charge in [-0.25, -0.2) is 4.98 Å². The molecule has 0 radical (unpaired) electrons. The Kier molecular flexibility index (Phi) is 3.23. The zero-order valence-corrected chi connectivity index (χ0v) is 12.4. The minimum Gasteiger partial charge on any atom is -0.469 e. The van der Waals surface area contributed by atoms with E-state index in [0.29, 0.717) is 5.13 Å². The number of rotatable bonds is 4. The number of carbonyl (C=O) groups is 1. The molecule has 0 saturated heterocycles. The average molecular weight is 311 g/mol. The van der Waals surface area contributed by atoms with E-state index in [4.69, 9.17) is 4.42 Å². The van der Waals surface area contributed by atoms with Crippen LogP contribution in [0, 0.1) is 5.92 Å². The van der Waals surface area contributed by atoms with E-state index >= 15 is 0 Å². The van der Waals surface area contributed by atoms with E-state index in [2.05, 4.69) is 15.3 Å². The van der Waals surface area contributed by atoms with Gasteiger partial charge in [0.05, 0.1) is 12.0 Å². The van der Waals surface area contributed by atoms with Gasteiger partial charge in [0.15, 0.2) is 5.13 Å². The number of aromatic nitrogens is 2. The molecule has 3 heterocycles. The van der Waals surface area contributed by atoms with Gasteiger partial charge in [-0.3, -0.25) is 9.78 Å². The molecular weight excluding hydrogens is 298 g/mol. The molecule has 22 heavy (non-hydrogen) atoms. The van der Waals surface area contributed by atoms with Crippen LogP contribution in [-0.2, 0) is 4.79 Å². The van der Waals surface area contributed by atoms with Crippen LogP contribution in [0.3, 0.4) is 0 Å². The predicted octanol–water partition coefficient (Wildman–Crippen LogP) is 3.54. The molecule has 0 aromatic carbocycles. The Bertz CT molecular complexity index is 783. The normalized spacial score (nSPS) is 19.8. The Balaban J connectivity index is 1.42. The summed E-state index contributed by atoms with van der Waals surface area (Å²) in [6.07, 6.45) is 4.20. The van der Waals surface area contributed by atoms with Crippen LogP contribution >= 0.6 is 11.3 Å². The molecule has 2 atom stereocenters. The number of nitrogens with zero attached hydrogens (tertiary/aromatic N) is 2. The quantitative estimate of drug-likeness (QED) is 0.800. The molecule has 1 saturated carbocycles. The molecule has 1 aliphatic rings. The van der Waals surface area contributed by atoms with Crippen LogP contribution in [0.1, 0.15) is 18.1 Å². The summed E-state index contributed by atoms with van der Waals surface area (Å²) in [7, 11) is 0. The number of hydrogen-bond donors (Lipinski definition) is 1. The van der Waals surface area contributed by atoms with E-state index in [1.54, 1.807) is 12.5 Å². The maximum absolute atomic E-state index is 12.2. The summed E-state index contributed by atoms with van der Waals surface area (Å²) in [5.41, 5.74) is 1.58. The number of amides is 1. The lowest BCUT2D eigenvalue weighted by Crippen LogP contribution is -2.14. The molecule has 0 unspecified atom stereocenters. The zero-order chi connectivity index (χ0) is 14.9. The van der Waals surface area contributed by atoms with Gasteiger partial charge in [-0.2, -0.15) is 0 Å². The zero-order valence-electron chi connectivity index (χ0n) is 11.6. The van der Waals surface area contributed by atoms with E-state index in [1.165, 1.54) is 11.3 Å². The fourth-order valence-corrected chi connectivity index (χ4v) is 3.17. The third kappa shape index (κ3) is 2.53. The van der Waals surface area contributed by atoms with Gasteiger partial charge >= 0.3 is 0 Å². The Morgan fingerprint density at radius 3 is 3.00 bits per heavy atom. The van der Waals surface area contributed by atoms with Crippen molar-refractivity contribution in [3.8, 4) is 11.4 Å². The first-order valence-electron chi connectivity index (χ1n) is 7.02. The Morgan fingerprint density at radius 1 is 1.27 bits per heavy atom. The van der Waals surface area contributed by atoms with E-state index in [-0.39, 0.29) is 17.7 Å². The first-order valence-corrected chi connectivity index (χ1v) is 7.90. The molecule has 0 spiro atoms. The van der Waals surface area contributed by atoms with Gasteiger partial charge in [0.2, 0.25) is 5.91 Å². The molecular formula is C16H13N3O2S. The second-order valence-corrected chi connectivity index (χ2v) is 6.06. The summed E-state index contributed by atoms with van der Waals surface area (Å²) in [4.78, 5) is 20.9. The molecule has 6 heteroatoms. The molecule has 110 valence electrons. The van der Waals surface area contributed by atoms with E-state index in [1.807, 2.05) is 35.7 Å². The molecule has 1 aliphatic carbocycles. The van der Waals surface area contributed by atoms with Crippen molar-refractivity contribution in [1.82, 2.24) is 9.97 Å². The highest BCUT2D eigenvalue weighted by molar-refractivity contribution is 7.14. The Labute approximate surface area is 131 Å². The average Bonchev–Trinajstić information content (AvgIpc) is 2.97. The summed E-state index contributed by atoms with van der Waals surface area (Å²) >= 11 is 1.41. The maximum atomic E-state index is 12.2. The van der Waals surface area contributed by atoms with Crippen LogP contribution in [0.4, 0.5) is 5.13 Å². The summed E-state index contributed by atoms with van der Waals surface area (Å²) in [6, 6.07) is 9.44. The van der Waals surface area contributed by atoms with Crippen molar-refractivity contribution >= 4 is 22.4 Å². The van der Waals surface area contributed by atoms with Gasteiger partial charge in [0.25, 0.3) is 0 Å². The van der Waals surface area contributed by atoms with Crippen LogP contribution in [-0.4, -0.2) is 15.9 Å². The van der Waals surface area contributed by atoms with Crippen LogP contribution < -0.4 is 5.32 Å². The number of carbonyl (C=O) groups excluding carboxylic acids is 1. The van der Waals surface area contributed by atoms with Crippen LogP contribution in [0.15, 0.2) is 52.6 Å². The van der Waals surface area contributed by atoms with Gasteiger partial charge in [-0.15, -0.1) is 11.3 Å². The fraction of sp³-hybridized carbons (Fsp3) is 0.188. The first-order chi connectivity index (χ1) is 10.8. The third-order valence-electron chi connectivity index (χ3n) is 3.70. The topological polar surface area (TPSA) is 68.0 Å². The van der Waals surface area contributed by atoms with Gasteiger partial charge in [0.1, 0.15) is 11.5 Å². The molecule has 1 amide bonds. The molecule has 1 N–H and O–H groups in total. The fourth-order valence-electron chi connectivity index (χ4n) is 2.46. The number of nitrogens with one attached hydrogen (secondary N) is 1. The SMILES string of the molecule is O=C(Nc1nc(-c2ccccn2)cs1)[C@@H]1C[C@H]1c1ccco1. The monoisotopic (exact) mass is 311 g/mol. The van der Waals surface area contributed by atoms with Gasteiger partial charge in [-0.1, -0.05) is 6.07 Å². The Hall–Kier alpha value is -2.47. The Morgan fingerprint density at radius 2 is 2.23 bits per heavy atom. The van der Waals surface area contributed by atoms with E-state index < -0.39 is 0 Å². The van der Waals surface area contributed by atoms with Crippen molar-refractivity contribution in [1.29, 1.82) is 0 Å². The van der Waals surface area contributed by atoms with Crippen molar-refractivity contribution in [2.75, 3.05) is 5.32 Å². The van der Waals surface area contributed by atoms with E-state index in [0.717, 1.165) is 23.6 Å². The highest BCUT2D eigenvalue weighted by Gasteiger charge is 2.46. The summed E-state index contributed by atoms with van der Waals surface area (Å²) in [6.45, 7) is 0. The second-order valence-electron chi connectivity index (χ2n) is 5.21. The lowest BCUT2D eigenvalue weighted by Gasteiger charge is -2.00. The van der Waals surface area contributed by atoms with E-state index in [9.17, 15) is 4.79 Å². The van der Waals surface area contributed by atoms with Crippen LogP contribution in [0.2, 0.25) is 0 Å². The number of hydrogen-bond acceptors (Lipinski definition) is 5. The third-order valence-corrected chi connectivity index (χ3v) is 4.46. The highest BCUT2D eigenvalue weighted by atomic mass is 32.1. The van der Waals surface area contributed by atoms with Crippen molar-refractivity contribution < 1.29 is 9.21 Å². The number of anilines is 1. The van der Waals surface area contributed by atoms with Crippen molar-refractivity contribution in [2.45, 2.75) is 12.3 Å². The predicted molar refractivity (Wildman–Crippen MR) is 83.5 cm³/mol. The lowest BCUT2D eigenvalue weighted by molar-refractivity contribution is -0.117. The molecule has 3 aromatic rings.